The van der Waals surface area contributed by atoms with Crippen LogP contribution in [0.25, 0.3) is 0 Å². The minimum absolute atomic E-state index is 0.251. The SMILES string of the molecule is CC1C(C(=O)O)=C(O)C(=O)N1c1cccs1. The second-order valence-electron chi connectivity index (χ2n) is 3.37. The number of carbonyl (C=O) groups excluding carboxylic acids is 1. The van der Waals surface area contributed by atoms with Gasteiger partial charge in [0.2, 0.25) is 0 Å². The summed E-state index contributed by atoms with van der Waals surface area (Å²) in [5, 5.41) is 20.8. The standard InChI is InChI=1S/C10H9NO4S/c1-5-7(10(14)15)8(12)9(13)11(5)6-3-2-4-16-6/h2-5,12H,1H3,(H,14,15). The van der Waals surface area contributed by atoms with E-state index in [0.717, 1.165) is 0 Å². The van der Waals surface area contributed by atoms with Crippen molar-refractivity contribution in [1.82, 2.24) is 0 Å². The number of aliphatic hydroxyl groups excluding tert-OH is 1. The Bertz CT molecular complexity index is 477. The Kier molecular flexibility index (Phi) is 2.43. The lowest BCUT2D eigenvalue weighted by Gasteiger charge is -2.20. The molecule has 84 valence electrons. The molecule has 0 spiro atoms. The molecule has 6 heteroatoms. The van der Waals surface area contributed by atoms with E-state index in [0.29, 0.717) is 5.00 Å². The van der Waals surface area contributed by atoms with Gasteiger partial charge in [0, 0.05) is 0 Å². The molecule has 1 unspecified atom stereocenters. The van der Waals surface area contributed by atoms with E-state index < -0.39 is 23.7 Å². The molecule has 0 fully saturated rings. The summed E-state index contributed by atoms with van der Waals surface area (Å²) in [5.74, 6) is -2.60. The quantitative estimate of drug-likeness (QED) is 0.817. The number of hydrogen-bond donors (Lipinski definition) is 2. The van der Waals surface area contributed by atoms with Gasteiger partial charge < -0.3 is 10.2 Å². The fourth-order valence-electron chi connectivity index (χ4n) is 1.71. The fraction of sp³-hybridized carbons (Fsp3) is 0.200. The van der Waals surface area contributed by atoms with Crippen LogP contribution in [-0.2, 0) is 9.59 Å². The first kappa shape index (κ1) is 10.7. The highest BCUT2D eigenvalue weighted by Crippen LogP contribution is 2.32. The Hall–Kier alpha value is -1.82. The highest BCUT2D eigenvalue weighted by molar-refractivity contribution is 7.14. The van der Waals surface area contributed by atoms with Gasteiger partial charge in [0.25, 0.3) is 5.91 Å². The maximum atomic E-state index is 11.7. The van der Waals surface area contributed by atoms with Crippen molar-refractivity contribution < 1.29 is 19.8 Å². The lowest BCUT2D eigenvalue weighted by molar-refractivity contribution is -0.133. The number of thiophene rings is 1. The van der Waals surface area contributed by atoms with Gasteiger partial charge in [-0.2, -0.15) is 0 Å². The van der Waals surface area contributed by atoms with Crippen LogP contribution in [0.5, 0.6) is 0 Å². The van der Waals surface area contributed by atoms with Gasteiger partial charge in [-0.3, -0.25) is 9.69 Å². The third-order valence-corrected chi connectivity index (χ3v) is 3.32. The Labute approximate surface area is 95.2 Å². The number of nitrogens with zero attached hydrogens (tertiary/aromatic N) is 1. The molecule has 1 aromatic heterocycles. The second-order valence-corrected chi connectivity index (χ2v) is 4.30. The van der Waals surface area contributed by atoms with E-state index in [-0.39, 0.29) is 5.57 Å². The molecule has 1 aromatic rings. The molecule has 5 nitrogen and oxygen atoms in total. The summed E-state index contributed by atoms with van der Waals surface area (Å²) >= 11 is 1.32. The monoisotopic (exact) mass is 239 g/mol. The van der Waals surface area contributed by atoms with Crippen LogP contribution in [-0.4, -0.2) is 28.1 Å². The van der Waals surface area contributed by atoms with Crippen molar-refractivity contribution in [2.75, 3.05) is 4.90 Å². The van der Waals surface area contributed by atoms with E-state index >= 15 is 0 Å². The maximum Gasteiger partial charge on any atom is 0.337 e. The summed E-state index contributed by atoms with van der Waals surface area (Å²) < 4.78 is 0. The second kappa shape index (κ2) is 3.64. The van der Waals surface area contributed by atoms with Crippen molar-refractivity contribution >= 4 is 28.2 Å². The first-order valence-corrected chi connectivity index (χ1v) is 5.45. The average molecular weight is 239 g/mol. The number of aliphatic carboxylic acids is 1. The molecule has 16 heavy (non-hydrogen) atoms. The zero-order chi connectivity index (χ0) is 11.9. The van der Waals surface area contributed by atoms with Gasteiger partial charge in [0.05, 0.1) is 11.0 Å². The molecule has 1 atom stereocenters. The summed E-state index contributed by atoms with van der Waals surface area (Å²) in [6.45, 7) is 1.57. The van der Waals surface area contributed by atoms with E-state index in [1.165, 1.54) is 16.2 Å². The highest BCUT2D eigenvalue weighted by atomic mass is 32.1. The number of anilines is 1. The van der Waals surface area contributed by atoms with Crippen molar-refractivity contribution in [2.24, 2.45) is 0 Å². The molecule has 0 aromatic carbocycles. The number of carboxylic acid groups (broad SMARTS) is 1. The third-order valence-electron chi connectivity index (χ3n) is 2.46. The van der Waals surface area contributed by atoms with Gasteiger partial charge in [-0.05, 0) is 24.4 Å². The van der Waals surface area contributed by atoms with E-state index in [4.69, 9.17) is 5.11 Å². The largest absolute Gasteiger partial charge is 0.503 e. The normalized spacial score (nSPS) is 20.7. The Morgan fingerprint density at radius 1 is 1.56 bits per heavy atom. The minimum atomic E-state index is -1.27. The molecule has 0 aliphatic carbocycles. The molecule has 2 N–H and O–H groups in total. The lowest BCUT2D eigenvalue weighted by atomic mass is 10.1. The third kappa shape index (κ3) is 1.38. The smallest absolute Gasteiger partial charge is 0.337 e. The zero-order valence-electron chi connectivity index (χ0n) is 8.38. The zero-order valence-corrected chi connectivity index (χ0v) is 9.19. The van der Waals surface area contributed by atoms with E-state index in [2.05, 4.69) is 0 Å². The van der Waals surface area contributed by atoms with Crippen molar-refractivity contribution in [2.45, 2.75) is 13.0 Å². The van der Waals surface area contributed by atoms with Gasteiger partial charge in [0.1, 0.15) is 5.57 Å². The van der Waals surface area contributed by atoms with Gasteiger partial charge in [-0.25, -0.2) is 4.79 Å². The van der Waals surface area contributed by atoms with Gasteiger partial charge in [0.15, 0.2) is 5.76 Å². The Morgan fingerprint density at radius 3 is 2.69 bits per heavy atom. The number of rotatable bonds is 2. The van der Waals surface area contributed by atoms with Crippen LogP contribution in [0.1, 0.15) is 6.92 Å². The summed E-state index contributed by atoms with van der Waals surface area (Å²) in [7, 11) is 0. The number of carbonyl (C=O) groups is 2. The van der Waals surface area contributed by atoms with Crippen LogP contribution in [0.3, 0.4) is 0 Å². The lowest BCUT2D eigenvalue weighted by Crippen LogP contribution is -2.34. The van der Waals surface area contributed by atoms with E-state index in [9.17, 15) is 14.7 Å². The van der Waals surface area contributed by atoms with Crippen LogP contribution in [0.2, 0.25) is 0 Å². The van der Waals surface area contributed by atoms with Crippen molar-refractivity contribution in [1.29, 1.82) is 0 Å². The predicted octanol–water partition coefficient (Wildman–Crippen LogP) is 1.38. The van der Waals surface area contributed by atoms with Crippen LogP contribution in [0.4, 0.5) is 5.00 Å². The summed E-state index contributed by atoms with van der Waals surface area (Å²) in [4.78, 5) is 23.9. The molecule has 2 heterocycles. The molecule has 2 rings (SSSR count). The Morgan fingerprint density at radius 2 is 2.25 bits per heavy atom. The number of amides is 1. The summed E-state index contributed by atoms with van der Waals surface area (Å²) in [5.41, 5.74) is -0.251. The molecule has 1 amide bonds. The van der Waals surface area contributed by atoms with Crippen LogP contribution in [0.15, 0.2) is 28.8 Å². The number of hydrogen-bond acceptors (Lipinski definition) is 4. The van der Waals surface area contributed by atoms with Crippen LogP contribution >= 0.6 is 11.3 Å². The maximum absolute atomic E-state index is 11.7. The summed E-state index contributed by atoms with van der Waals surface area (Å²) in [6.07, 6.45) is 0. The molecule has 1 aliphatic rings. The van der Waals surface area contributed by atoms with Gasteiger partial charge in [-0.1, -0.05) is 0 Å². The first-order valence-electron chi connectivity index (χ1n) is 4.57. The van der Waals surface area contributed by atoms with Crippen molar-refractivity contribution in [3.8, 4) is 0 Å². The van der Waals surface area contributed by atoms with E-state index in [1.54, 1.807) is 24.4 Å². The predicted molar refractivity (Wildman–Crippen MR) is 58.6 cm³/mol. The average Bonchev–Trinajstić information content (AvgIpc) is 2.76. The summed E-state index contributed by atoms with van der Waals surface area (Å²) in [6, 6.07) is 2.82. The topological polar surface area (TPSA) is 77.8 Å². The molecule has 1 aliphatic heterocycles. The van der Waals surface area contributed by atoms with Crippen molar-refractivity contribution in [3.63, 3.8) is 0 Å². The first-order chi connectivity index (χ1) is 7.54. The van der Waals surface area contributed by atoms with E-state index in [1.807, 2.05) is 0 Å². The fourth-order valence-corrected chi connectivity index (χ4v) is 2.52. The minimum Gasteiger partial charge on any atom is -0.503 e. The molecule has 0 saturated heterocycles. The van der Waals surface area contributed by atoms with Gasteiger partial charge >= 0.3 is 5.97 Å². The highest BCUT2D eigenvalue weighted by Gasteiger charge is 2.41. The molecular weight excluding hydrogens is 230 g/mol. The molecular formula is C10H9NO4S. The van der Waals surface area contributed by atoms with Crippen molar-refractivity contribution in [3.05, 3.63) is 28.8 Å². The molecule has 0 radical (unpaired) electrons. The van der Waals surface area contributed by atoms with Crippen LogP contribution < -0.4 is 4.90 Å². The molecule has 0 bridgehead atoms. The van der Waals surface area contributed by atoms with Gasteiger partial charge in [-0.15, -0.1) is 11.3 Å². The molecule has 0 saturated carbocycles. The van der Waals surface area contributed by atoms with Crippen LogP contribution in [0, 0.1) is 0 Å². The number of carboxylic acids is 1. The number of aliphatic hydroxyl groups is 1. The Balaban J connectivity index is 2.43.